The zero-order valence-corrected chi connectivity index (χ0v) is 11.5. The van der Waals surface area contributed by atoms with Gasteiger partial charge in [0, 0.05) is 0 Å². The molecule has 0 aliphatic carbocycles. The van der Waals surface area contributed by atoms with E-state index in [4.69, 9.17) is 0 Å². The summed E-state index contributed by atoms with van der Waals surface area (Å²) in [5.74, 6) is 0.439. The van der Waals surface area contributed by atoms with Gasteiger partial charge in [0.25, 0.3) is 0 Å². The van der Waals surface area contributed by atoms with Crippen LogP contribution in [0.2, 0.25) is 0 Å². The van der Waals surface area contributed by atoms with E-state index >= 15 is 0 Å². The van der Waals surface area contributed by atoms with E-state index in [1.807, 2.05) is 13.0 Å². The van der Waals surface area contributed by atoms with Gasteiger partial charge in [0.15, 0.2) is 0 Å². The Hall–Kier alpha value is -1.07. The number of hydrogen-bond acceptors (Lipinski definition) is 2. The van der Waals surface area contributed by atoms with Gasteiger partial charge in [-0.1, -0.05) is 32.1 Å². The lowest BCUT2D eigenvalue weighted by molar-refractivity contribution is 0.189. The Balaban J connectivity index is 3.01. The first-order valence-corrected chi connectivity index (χ1v) is 6.49. The molecule has 0 spiro atoms. The van der Waals surface area contributed by atoms with Crippen molar-refractivity contribution in [3.63, 3.8) is 0 Å². The molecule has 1 heterocycles. The largest absolute Gasteiger partial charge is 0.306 e. The van der Waals surface area contributed by atoms with Gasteiger partial charge in [0.1, 0.15) is 0 Å². The van der Waals surface area contributed by atoms with E-state index in [1.165, 1.54) is 5.57 Å². The standard InChI is InChI=1S/C15H24N2/c1-5-6-7-14(13(2)3)15(12-16)8-10-17(4)11-9-15/h5-7,13H,8-11H2,1-4H3/b6-5-,14-7+. The number of nitriles is 1. The van der Waals surface area contributed by atoms with Gasteiger partial charge in [-0.2, -0.15) is 5.26 Å². The normalized spacial score (nSPS) is 22.0. The molecule has 1 saturated heterocycles. The molecule has 0 saturated carbocycles. The summed E-state index contributed by atoms with van der Waals surface area (Å²) in [5, 5.41) is 9.61. The van der Waals surface area contributed by atoms with Crippen molar-refractivity contribution >= 4 is 0 Å². The summed E-state index contributed by atoms with van der Waals surface area (Å²) in [5.41, 5.74) is 1.06. The summed E-state index contributed by atoms with van der Waals surface area (Å²) < 4.78 is 0. The minimum Gasteiger partial charge on any atom is -0.306 e. The minimum absolute atomic E-state index is 0.236. The molecule has 17 heavy (non-hydrogen) atoms. The molecule has 2 heteroatoms. The predicted octanol–water partition coefficient (Wildman–Crippen LogP) is 3.38. The third kappa shape index (κ3) is 3.20. The SMILES string of the molecule is C/C=C\C=C(/C(C)C)C1(C#N)CCN(C)CC1. The third-order valence-corrected chi connectivity index (χ3v) is 3.70. The summed E-state index contributed by atoms with van der Waals surface area (Å²) >= 11 is 0. The maximum Gasteiger partial charge on any atom is 0.0812 e. The Labute approximate surface area is 106 Å². The number of hydrogen-bond donors (Lipinski definition) is 0. The Morgan fingerprint density at radius 1 is 1.35 bits per heavy atom. The summed E-state index contributed by atoms with van der Waals surface area (Å²) in [4.78, 5) is 2.31. The van der Waals surface area contributed by atoms with Gasteiger partial charge >= 0.3 is 0 Å². The maximum atomic E-state index is 9.61. The van der Waals surface area contributed by atoms with E-state index < -0.39 is 0 Å². The van der Waals surface area contributed by atoms with Gasteiger partial charge in [-0.15, -0.1) is 0 Å². The Bertz CT molecular complexity index is 336. The first kappa shape index (κ1) is 14.0. The van der Waals surface area contributed by atoms with Gasteiger partial charge in [0.2, 0.25) is 0 Å². The maximum absolute atomic E-state index is 9.61. The molecule has 0 aromatic carbocycles. The van der Waals surface area contributed by atoms with Gasteiger partial charge in [-0.05, 0) is 51.4 Å². The van der Waals surface area contributed by atoms with E-state index in [9.17, 15) is 5.26 Å². The number of rotatable bonds is 3. The highest BCUT2D eigenvalue weighted by molar-refractivity contribution is 5.29. The van der Waals surface area contributed by atoms with Crippen LogP contribution in [0.3, 0.4) is 0 Å². The van der Waals surface area contributed by atoms with Gasteiger partial charge < -0.3 is 4.90 Å². The quantitative estimate of drug-likeness (QED) is 0.697. The second-order valence-corrected chi connectivity index (χ2v) is 5.30. The molecule has 0 atom stereocenters. The van der Waals surface area contributed by atoms with E-state index in [-0.39, 0.29) is 5.41 Å². The molecular formula is C15H24N2. The van der Waals surface area contributed by atoms with Crippen LogP contribution in [-0.2, 0) is 0 Å². The van der Waals surface area contributed by atoms with Crippen molar-refractivity contribution in [2.24, 2.45) is 11.3 Å². The van der Waals surface area contributed by atoms with Crippen molar-refractivity contribution < 1.29 is 0 Å². The van der Waals surface area contributed by atoms with Gasteiger partial charge in [-0.3, -0.25) is 0 Å². The molecule has 0 N–H and O–H groups in total. The first-order chi connectivity index (χ1) is 8.05. The van der Waals surface area contributed by atoms with Crippen LogP contribution in [0.4, 0.5) is 0 Å². The van der Waals surface area contributed by atoms with Crippen molar-refractivity contribution in [1.82, 2.24) is 4.90 Å². The Morgan fingerprint density at radius 3 is 2.35 bits per heavy atom. The molecule has 0 aromatic rings. The summed E-state index contributed by atoms with van der Waals surface area (Å²) in [6, 6.07) is 2.60. The Morgan fingerprint density at radius 2 is 1.94 bits per heavy atom. The molecular weight excluding hydrogens is 208 g/mol. The molecule has 1 aliphatic rings. The molecule has 1 rings (SSSR count). The fourth-order valence-electron chi connectivity index (χ4n) is 2.57. The molecule has 0 amide bonds. The van der Waals surface area contributed by atoms with Crippen LogP contribution in [-0.4, -0.2) is 25.0 Å². The molecule has 0 radical (unpaired) electrons. The molecule has 2 nitrogen and oxygen atoms in total. The molecule has 0 aromatic heterocycles. The second-order valence-electron chi connectivity index (χ2n) is 5.30. The molecule has 1 aliphatic heterocycles. The second kappa shape index (κ2) is 6.02. The molecule has 94 valence electrons. The highest BCUT2D eigenvalue weighted by atomic mass is 15.1. The predicted molar refractivity (Wildman–Crippen MR) is 72.5 cm³/mol. The van der Waals surface area contributed by atoms with Crippen molar-refractivity contribution in [2.75, 3.05) is 20.1 Å². The summed E-state index contributed by atoms with van der Waals surface area (Å²) in [7, 11) is 2.13. The van der Waals surface area contributed by atoms with Crippen molar-refractivity contribution in [1.29, 1.82) is 5.26 Å². The summed E-state index contributed by atoms with van der Waals surface area (Å²) in [6.07, 6.45) is 8.16. The fourth-order valence-corrected chi connectivity index (χ4v) is 2.57. The van der Waals surface area contributed by atoms with Crippen LogP contribution in [0.1, 0.15) is 33.6 Å². The number of likely N-dealkylation sites (tertiary alicyclic amines) is 1. The zero-order chi connectivity index (χ0) is 12.9. The zero-order valence-electron chi connectivity index (χ0n) is 11.5. The smallest absolute Gasteiger partial charge is 0.0812 e. The van der Waals surface area contributed by atoms with Crippen LogP contribution < -0.4 is 0 Å². The summed E-state index contributed by atoms with van der Waals surface area (Å²) in [6.45, 7) is 8.43. The van der Waals surface area contributed by atoms with Crippen LogP contribution in [0.25, 0.3) is 0 Å². The van der Waals surface area contributed by atoms with Crippen LogP contribution in [0.5, 0.6) is 0 Å². The molecule has 1 fully saturated rings. The van der Waals surface area contributed by atoms with E-state index in [0.29, 0.717) is 5.92 Å². The van der Waals surface area contributed by atoms with E-state index in [1.54, 1.807) is 0 Å². The monoisotopic (exact) mass is 232 g/mol. The fraction of sp³-hybridized carbons (Fsp3) is 0.667. The van der Waals surface area contributed by atoms with Crippen molar-refractivity contribution in [3.8, 4) is 6.07 Å². The van der Waals surface area contributed by atoms with Crippen LogP contribution in [0, 0.1) is 22.7 Å². The van der Waals surface area contributed by atoms with Crippen LogP contribution >= 0.6 is 0 Å². The molecule has 0 unspecified atom stereocenters. The average Bonchev–Trinajstić information content (AvgIpc) is 2.32. The average molecular weight is 232 g/mol. The third-order valence-electron chi connectivity index (χ3n) is 3.70. The van der Waals surface area contributed by atoms with E-state index in [2.05, 4.69) is 44.0 Å². The molecule has 0 bridgehead atoms. The number of piperidine rings is 1. The lowest BCUT2D eigenvalue weighted by atomic mass is 9.69. The topological polar surface area (TPSA) is 27.0 Å². The highest BCUT2D eigenvalue weighted by Crippen LogP contribution is 2.41. The number of allylic oxidation sites excluding steroid dienone is 4. The number of nitrogens with zero attached hydrogens (tertiary/aromatic N) is 2. The van der Waals surface area contributed by atoms with Gasteiger partial charge in [-0.25, -0.2) is 0 Å². The highest BCUT2D eigenvalue weighted by Gasteiger charge is 2.38. The van der Waals surface area contributed by atoms with Crippen molar-refractivity contribution in [2.45, 2.75) is 33.6 Å². The van der Waals surface area contributed by atoms with Gasteiger partial charge in [0.05, 0.1) is 11.5 Å². The van der Waals surface area contributed by atoms with E-state index in [0.717, 1.165) is 25.9 Å². The van der Waals surface area contributed by atoms with Crippen molar-refractivity contribution in [3.05, 3.63) is 23.8 Å². The lowest BCUT2D eigenvalue weighted by Gasteiger charge is -2.38. The lowest BCUT2D eigenvalue weighted by Crippen LogP contribution is -2.39. The minimum atomic E-state index is -0.236. The first-order valence-electron chi connectivity index (χ1n) is 6.49. The Kier molecular flexibility index (Phi) is 4.96. The van der Waals surface area contributed by atoms with Crippen LogP contribution in [0.15, 0.2) is 23.8 Å².